The molecule has 0 bridgehead atoms. The number of rotatable bonds is 8. The Balaban J connectivity index is 1.39. The summed E-state index contributed by atoms with van der Waals surface area (Å²) in [7, 11) is 1.64. The lowest BCUT2D eigenvalue weighted by Crippen LogP contribution is -2.20. The monoisotopic (exact) mass is 400 g/mol. The third-order valence-corrected chi connectivity index (χ3v) is 4.94. The van der Waals surface area contributed by atoms with Crippen LogP contribution >= 0.6 is 0 Å². The van der Waals surface area contributed by atoms with E-state index in [1.54, 1.807) is 7.11 Å². The van der Waals surface area contributed by atoms with Crippen molar-refractivity contribution < 1.29 is 9.47 Å². The van der Waals surface area contributed by atoms with E-state index in [0.717, 1.165) is 22.0 Å². The van der Waals surface area contributed by atoms with Gasteiger partial charge in [0.1, 0.15) is 6.61 Å². The summed E-state index contributed by atoms with van der Waals surface area (Å²) in [6.07, 6.45) is 0. The van der Waals surface area contributed by atoms with Crippen LogP contribution in [-0.2, 0) is 19.7 Å². The second kappa shape index (κ2) is 9.29. The number of H-pyrrole nitrogens is 1. The molecular formula is C25H24N2O3. The molecule has 1 aromatic heterocycles. The molecule has 0 fully saturated rings. The van der Waals surface area contributed by atoms with Gasteiger partial charge in [0.05, 0.1) is 7.11 Å². The molecule has 0 aliphatic heterocycles. The van der Waals surface area contributed by atoms with Gasteiger partial charge in [-0.2, -0.15) is 0 Å². The van der Waals surface area contributed by atoms with Crippen LogP contribution in [0.25, 0.3) is 10.9 Å². The van der Waals surface area contributed by atoms with E-state index in [9.17, 15) is 4.79 Å². The Bertz CT molecular complexity index is 1190. The Hall–Kier alpha value is -3.57. The van der Waals surface area contributed by atoms with Crippen LogP contribution in [0, 0.1) is 0 Å². The first kappa shape index (κ1) is 19.7. The molecule has 30 heavy (non-hydrogen) atoms. The summed E-state index contributed by atoms with van der Waals surface area (Å²) in [5.41, 5.74) is 3.65. The van der Waals surface area contributed by atoms with Crippen LogP contribution in [0.3, 0.4) is 0 Å². The highest BCUT2D eigenvalue weighted by atomic mass is 16.5. The van der Waals surface area contributed by atoms with Crippen LogP contribution in [0.15, 0.2) is 83.7 Å². The highest BCUT2D eigenvalue weighted by Gasteiger charge is 2.07. The summed E-state index contributed by atoms with van der Waals surface area (Å²) in [6, 6.07) is 25.6. The highest BCUT2D eigenvalue weighted by Crippen LogP contribution is 2.28. The van der Waals surface area contributed by atoms with Crippen molar-refractivity contribution in [3.63, 3.8) is 0 Å². The van der Waals surface area contributed by atoms with Crippen molar-refractivity contribution in [1.29, 1.82) is 0 Å². The maximum atomic E-state index is 12.3. The third kappa shape index (κ3) is 4.70. The Morgan fingerprint density at radius 3 is 2.47 bits per heavy atom. The van der Waals surface area contributed by atoms with Gasteiger partial charge in [0.2, 0.25) is 0 Å². The van der Waals surface area contributed by atoms with Crippen LogP contribution in [-0.4, -0.2) is 12.1 Å². The molecule has 0 atom stereocenters. The maximum Gasteiger partial charge on any atom is 0.252 e. The van der Waals surface area contributed by atoms with Crippen LogP contribution in [0.2, 0.25) is 0 Å². The summed E-state index contributed by atoms with van der Waals surface area (Å²) in [5, 5.41) is 4.36. The minimum Gasteiger partial charge on any atom is -0.493 e. The van der Waals surface area contributed by atoms with Gasteiger partial charge in [-0.05, 0) is 40.8 Å². The molecule has 0 unspecified atom stereocenters. The molecule has 4 aromatic rings. The average Bonchev–Trinajstić information content (AvgIpc) is 2.79. The van der Waals surface area contributed by atoms with Crippen LogP contribution in [0.1, 0.15) is 16.7 Å². The van der Waals surface area contributed by atoms with Gasteiger partial charge in [-0.3, -0.25) is 4.79 Å². The third-order valence-electron chi connectivity index (χ3n) is 4.94. The number of methoxy groups -OCH3 is 1. The zero-order chi connectivity index (χ0) is 20.8. The van der Waals surface area contributed by atoms with Crippen molar-refractivity contribution in [2.45, 2.75) is 19.7 Å². The van der Waals surface area contributed by atoms with Crippen molar-refractivity contribution in [3.8, 4) is 11.5 Å². The van der Waals surface area contributed by atoms with Crippen molar-refractivity contribution >= 4 is 10.9 Å². The summed E-state index contributed by atoms with van der Waals surface area (Å²) in [6.45, 7) is 1.58. The molecule has 3 aromatic carbocycles. The molecule has 0 amide bonds. The lowest BCUT2D eigenvalue weighted by atomic mass is 10.1. The number of pyridine rings is 1. The number of hydrogen-bond acceptors (Lipinski definition) is 4. The summed E-state index contributed by atoms with van der Waals surface area (Å²) in [5.74, 6) is 1.39. The Morgan fingerprint density at radius 2 is 1.63 bits per heavy atom. The second-order valence-corrected chi connectivity index (χ2v) is 7.07. The van der Waals surface area contributed by atoms with Gasteiger partial charge in [-0.1, -0.05) is 54.6 Å². The van der Waals surface area contributed by atoms with Gasteiger partial charge in [0.15, 0.2) is 11.5 Å². The molecule has 0 aliphatic rings. The number of para-hydroxylation sites is 1. The number of nitrogens with one attached hydrogen (secondary N) is 2. The molecular weight excluding hydrogens is 376 g/mol. The van der Waals surface area contributed by atoms with E-state index in [-0.39, 0.29) is 5.56 Å². The van der Waals surface area contributed by atoms with Gasteiger partial charge in [-0.15, -0.1) is 0 Å². The average molecular weight is 400 g/mol. The zero-order valence-corrected chi connectivity index (χ0v) is 16.9. The Morgan fingerprint density at radius 1 is 0.833 bits per heavy atom. The SMILES string of the molecule is COc1cc(CNCc2cc3ccccc3[nH]c2=O)ccc1OCc1ccccc1. The summed E-state index contributed by atoms with van der Waals surface area (Å²) >= 11 is 0. The lowest BCUT2D eigenvalue weighted by Gasteiger charge is -2.13. The number of aromatic amines is 1. The minimum atomic E-state index is -0.0663. The fourth-order valence-corrected chi connectivity index (χ4v) is 3.34. The van der Waals surface area contributed by atoms with E-state index in [1.807, 2.05) is 78.9 Å². The molecule has 0 spiro atoms. The lowest BCUT2D eigenvalue weighted by molar-refractivity contribution is 0.284. The molecule has 5 heteroatoms. The van der Waals surface area contributed by atoms with Crippen molar-refractivity contribution in [2.75, 3.05) is 7.11 Å². The number of hydrogen-bond donors (Lipinski definition) is 2. The highest BCUT2D eigenvalue weighted by molar-refractivity contribution is 5.78. The molecule has 0 saturated carbocycles. The van der Waals surface area contributed by atoms with E-state index in [0.29, 0.717) is 36.8 Å². The van der Waals surface area contributed by atoms with E-state index in [4.69, 9.17) is 9.47 Å². The summed E-state index contributed by atoms with van der Waals surface area (Å²) < 4.78 is 11.4. The van der Waals surface area contributed by atoms with Gasteiger partial charge < -0.3 is 19.8 Å². The minimum absolute atomic E-state index is 0.0663. The number of benzene rings is 3. The molecule has 4 rings (SSSR count). The molecule has 152 valence electrons. The molecule has 0 aliphatic carbocycles. The quantitative estimate of drug-likeness (QED) is 0.460. The van der Waals surface area contributed by atoms with Crippen molar-refractivity contribution in [3.05, 3.63) is 106 Å². The van der Waals surface area contributed by atoms with Crippen LogP contribution in [0.5, 0.6) is 11.5 Å². The smallest absolute Gasteiger partial charge is 0.252 e. The Labute approximate surface area is 175 Å². The van der Waals surface area contributed by atoms with Gasteiger partial charge >= 0.3 is 0 Å². The molecule has 2 N–H and O–H groups in total. The predicted molar refractivity (Wildman–Crippen MR) is 119 cm³/mol. The molecule has 0 saturated heterocycles. The number of fused-ring (bicyclic) bond motifs is 1. The first-order valence-electron chi connectivity index (χ1n) is 9.88. The Kier molecular flexibility index (Phi) is 6.11. The number of ether oxygens (including phenoxy) is 2. The largest absolute Gasteiger partial charge is 0.493 e. The zero-order valence-electron chi connectivity index (χ0n) is 16.9. The normalized spacial score (nSPS) is 10.8. The molecule has 5 nitrogen and oxygen atoms in total. The standard InChI is InChI=1S/C25H24N2O3/c1-29-24-13-19(11-12-23(24)30-17-18-7-3-2-4-8-18)15-26-16-21-14-20-9-5-6-10-22(20)27-25(21)28/h2-14,26H,15-17H2,1H3,(H,27,28). The van der Waals surface area contributed by atoms with Gasteiger partial charge in [0, 0.05) is 24.2 Å². The summed E-state index contributed by atoms with van der Waals surface area (Å²) in [4.78, 5) is 15.2. The van der Waals surface area contributed by atoms with Crippen LogP contribution < -0.4 is 20.3 Å². The number of aromatic nitrogens is 1. The van der Waals surface area contributed by atoms with Crippen molar-refractivity contribution in [1.82, 2.24) is 10.3 Å². The molecule has 1 heterocycles. The van der Waals surface area contributed by atoms with Gasteiger partial charge in [-0.25, -0.2) is 0 Å². The van der Waals surface area contributed by atoms with E-state index in [1.165, 1.54) is 0 Å². The van der Waals surface area contributed by atoms with Gasteiger partial charge in [0.25, 0.3) is 5.56 Å². The first-order chi connectivity index (χ1) is 14.7. The fraction of sp³-hybridized carbons (Fsp3) is 0.160. The van der Waals surface area contributed by atoms with E-state index >= 15 is 0 Å². The van der Waals surface area contributed by atoms with Crippen LogP contribution in [0.4, 0.5) is 0 Å². The second-order valence-electron chi connectivity index (χ2n) is 7.07. The first-order valence-corrected chi connectivity index (χ1v) is 9.88. The van der Waals surface area contributed by atoms with Crippen molar-refractivity contribution in [2.24, 2.45) is 0 Å². The maximum absolute atomic E-state index is 12.3. The topological polar surface area (TPSA) is 63.3 Å². The van der Waals surface area contributed by atoms with E-state index < -0.39 is 0 Å². The fourth-order valence-electron chi connectivity index (χ4n) is 3.34. The molecule has 0 radical (unpaired) electrons. The van der Waals surface area contributed by atoms with E-state index in [2.05, 4.69) is 10.3 Å². The predicted octanol–water partition coefficient (Wildman–Crippen LogP) is 4.41.